The van der Waals surface area contributed by atoms with Crippen molar-refractivity contribution in [3.63, 3.8) is 0 Å². The molecule has 0 saturated heterocycles. The normalized spacial score (nSPS) is 17.5. The Hall–Kier alpha value is -2.01. The molecule has 1 N–H and O–H groups in total. The van der Waals surface area contributed by atoms with Gasteiger partial charge < -0.3 is 10.1 Å². The largest absolute Gasteiger partial charge is 0.482 e. The zero-order valence-corrected chi connectivity index (χ0v) is 12.6. The third kappa shape index (κ3) is 2.74. The van der Waals surface area contributed by atoms with Crippen LogP contribution in [-0.2, 0) is 9.84 Å². The van der Waals surface area contributed by atoms with E-state index in [-0.39, 0.29) is 11.9 Å². The lowest BCUT2D eigenvalue weighted by molar-refractivity contribution is 0.210. The van der Waals surface area contributed by atoms with Gasteiger partial charge in [-0.05, 0) is 23.8 Å². The summed E-state index contributed by atoms with van der Waals surface area (Å²) >= 11 is 0. The van der Waals surface area contributed by atoms with Crippen molar-refractivity contribution in [2.24, 2.45) is 0 Å². The van der Waals surface area contributed by atoms with Gasteiger partial charge in [-0.3, -0.25) is 0 Å². The minimum atomic E-state index is -3.19. The molecular weight excluding hydrogens is 286 g/mol. The molecule has 4 nitrogen and oxygen atoms in total. The van der Waals surface area contributed by atoms with Crippen LogP contribution in [0.2, 0.25) is 0 Å². The van der Waals surface area contributed by atoms with Crippen LogP contribution < -0.4 is 10.1 Å². The number of anilines is 1. The first-order valence-electron chi connectivity index (χ1n) is 6.92. The second-order valence-electron chi connectivity index (χ2n) is 4.96. The molecule has 1 atom stereocenters. The molecule has 0 aliphatic carbocycles. The van der Waals surface area contributed by atoms with Crippen molar-refractivity contribution in [3.8, 4) is 5.75 Å². The highest BCUT2D eigenvalue weighted by Gasteiger charge is 2.22. The zero-order valence-electron chi connectivity index (χ0n) is 11.7. The number of hydrogen-bond donors (Lipinski definition) is 1. The van der Waals surface area contributed by atoms with Crippen molar-refractivity contribution in [2.75, 3.05) is 17.6 Å². The molecule has 0 spiro atoms. The lowest BCUT2D eigenvalue weighted by Gasteiger charge is -2.28. The number of sulfone groups is 1. The quantitative estimate of drug-likeness (QED) is 0.947. The maximum Gasteiger partial charge on any atom is 0.178 e. The molecule has 0 bridgehead atoms. The van der Waals surface area contributed by atoms with Gasteiger partial charge in [-0.15, -0.1) is 0 Å². The molecule has 0 radical (unpaired) electrons. The van der Waals surface area contributed by atoms with Gasteiger partial charge in [0.25, 0.3) is 0 Å². The van der Waals surface area contributed by atoms with Crippen LogP contribution in [0.15, 0.2) is 53.4 Å². The minimum Gasteiger partial charge on any atom is -0.482 e. The Morgan fingerprint density at radius 3 is 2.67 bits per heavy atom. The Morgan fingerprint density at radius 1 is 1.19 bits per heavy atom. The monoisotopic (exact) mass is 303 g/mol. The van der Waals surface area contributed by atoms with E-state index in [9.17, 15) is 8.42 Å². The average Bonchev–Trinajstić information content (AvgIpc) is 2.54. The molecule has 2 aromatic carbocycles. The minimum absolute atomic E-state index is 0.0627. The van der Waals surface area contributed by atoms with Gasteiger partial charge in [0, 0.05) is 0 Å². The summed E-state index contributed by atoms with van der Waals surface area (Å²) < 4.78 is 29.8. The third-order valence-corrected chi connectivity index (χ3v) is 5.34. The van der Waals surface area contributed by atoms with Gasteiger partial charge in [0.2, 0.25) is 0 Å². The van der Waals surface area contributed by atoms with Crippen LogP contribution in [0, 0.1) is 0 Å². The topological polar surface area (TPSA) is 55.4 Å². The molecule has 1 aliphatic heterocycles. The number of nitrogens with one attached hydrogen (secondary N) is 1. The maximum absolute atomic E-state index is 11.9. The van der Waals surface area contributed by atoms with Crippen LogP contribution in [0.3, 0.4) is 0 Å². The molecule has 1 heterocycles. The third-order valence-electron chi connectivity index (χ3n) is 3.61. The van der Waals surface area contributed by atoms with Crippen molar-refractivity contribution < 1.29 is 13.2 Å². The number of rotatable bonds is 3. The predicted octanol–water partition coefficient (Wildman–Crippen LogP) is 3.03. The van der Waals surface area contributed by atoms with E-state index in [0.717, 1.165) is 11.3 Å². The van der Waals surface area contributed by atoms with E-state index >= 15 is 0 Å². The van der Waals surface area contributed by atoms with Crippen LogP contribution in [0.5, 0.6) is 5.75 Å². The van der Waals surface area contributed by atoms with Crippen LogP contribution in [0.25, 0.3) is 0 Å². The van der Waals surface area contributed by atoms with Crippen molar-refractivity contribution in [3.05, 3.63) is 54.1 Å². The van der Waals surface area contributed by atoms with E-state index in [1.165, 1.54) is 0 Å². The van der Waals surface area contributed by atoms with Crippen LogP contribution in [0.4, 0.5) is 5.69 Å². The Morgan fingerprint density at radius 2 is 1.95 bits per heavy atom. The SMILES string of the molecule is CCS(=O)(=O)c1ccc2c(c1)NCC(c1ccccc1)O2. The zero-order chi connectivity index (χ0) is 14.9. The summed E-state index contributed by atoms with van der Waals surface area (Å²) in [7, 11) is -3.19. The van der Waals surface area contributed by atoms with E-state index in [1.54, 1.807) is 25.1 Å². The molecule has 21 heavy (non-hydrogen) atoms. The van der Waals surface area contributed by atoms with Gasteiger partial charge in [0.05, 0.1) is 22.9 Å². The molecule has 0 saturated carbocycles. The molecule has 0 aromatic heterocycles. The molecule has 1 aliphatic rings. The van der Waals surface area contributed by atoms with Gasteiger partial charge in [-0.1, -0.05) is 37.3 Å². The van der Waals surface area contributed by atoms with Gasteiger partial charge in [0.15, 0.2) is 9.84 Å². The van der Waals surface area contributed by atoms with Crippen molar-refractivity contribution >= 4 is 15.5 Å². The Kier molecular flexibility index (Phi) is 3.59. The van der Waals surface area contributed by atoms with Crippen LogP contribution >= 0.6 is 0 Å². The fourth-order valence-electron chi connectivity index (χ4n) is 2.36. The second-order valence-corrected chi connectivity index (χ2v) is 7.24. The molecule has 3 rings (SSSR count). The van der Waals surface area contributed by atoms with Crippen LogP contribution in [0.1, 0.15) is 18.6 Å². The fraction of sp³-hybridized carbons (Fsp3) is 0.250. The lowest BCUT2D eigenvalue weighted by atomic mass is 10.1. The first-order valence-corrected chi connectivity index (χ1v) is 8.57. The summed E-state index contributed by atoms with van der Waals surface area (Å²) in [5, 5.41) is 3.26. The average molecular weight is 303 g/mol. The Labute approximate surface area is 124 Å². The summed E-state index contributed by atoms with van der Waals surface area (Å²) in [6.45, 7) is 2.26. The molecule has 2 aromatic rings. The summed E-state index contributed by atoms with van der Waals surface area (Å²) in [5.74, 6) is 0.782. The first kappa shape index (κ1) is 13.9. The van der Waals surface area contributed by atoms with Gasteiger partial charge >= 0.3 is 0 Å². The molecular formula is C16H17NO3S. The lowest BCUT2D eigenvalue weighted by Crippen LogP contribution is -2.23. The molecule has 5 heteroatoms. The summed E-state index contributed by atoms with van der Waals surface area (Å²) in [6.07, 6.45) is -0.0627. The molecule has 0 fully saturated rings. The smallest absolute Gasteiger partial charge is 0.178 e. The van der Waals surface area contributed by atoms with E-state index in [4.69, 9.17) is 4.74 Å². The van der Waals surface area contributed by atoms with E-state index < -0.39 is 9.84 Å². The van der Waals surface area contributed by atoms with E-state index in [2.05, 4.69) is 5.32 Å². The van der Waals surface area contributed by atoms with E-state index in [1.807, 2.05) is 30.3 Å². The molecule has 0 amide bonds. The van der Waals surface area contributed by atoms with Crippen molar-refractivity contribution in [1.82, 2.24) is 0 Å². The number of ether oxygens (including phenoxy) is 1. The van der Waals surface area contributed by atoms with Crippen LogP contribution in [-0.4, -0.2) is 20.7 Å². The van der Waals surface area contributed by atoms with Crippen molar-refractivity contribution in [2.45, 2.75) is 17.9 Å². The Bertz CT molecular complexity index is 741. The number of hydrogen-bond acceptors (Lipinski definition) is 4. The summed E-state index contributed by atoms with van der Waals surface area (Å²) in [5.41, 5.74) is 1.83. The Balaban J connectivity index is 1.89. The maximum atomic E-state index is 11.9. The highest BCUT2D eigenvalue weighted by Crippen LogP contribution is 2.35. The van der Waals surface area contributed by atoms with Gasteiger partial charge in [-0.2, -0.15) is 0 Å². The van der Waals surface area contributed by atoms with Gasteiger partial charge in [-0.25, -0.2) is 8.42 Å². The first-order chi connectivity index (χ1) is 10.1. The van der Waals surface area contributed by atoms with Crippen molar-refractivity contribution in [1.29, 1.82) is 0 Å². The van der Waals surface area contributed by atoms with E-state index in [0.29, 0.717) is 17.2 Å². The number of benzene rings is 2. The number of fused-ring (bicyclic) bond motifs is 1. The summed E-state index contributed by atoms with van der Waals surface area (Å²) in [6, 6.07) is 14.9. The second kappa shape index (κ2) is 5.41. The predicted molar refractivity (Wildman–Crippen MR) is 82.5 cm³/mol. The highest BCUT2D eigenvalue weighted by atomic mass is 32.2. The standard InChI is InChI=1S/C16H17NO3S/c1-2-21(18,19)13-8-9-15-14(10-13)17-11-16(20-15)12-6-4-3-5-7-12/h3-10,16-17H,2,11H2,1H3. The summed E-state index contributed by atoms with van der Waals surface area (Å²) in [4.78, 5) is 0.331. The fourth-order valence-corrected chi connectivity index (χ4v) is 3.27. The van der Waals surface area contributed by atoms with Gasteiger partial charge in [0.1, 0.15) is 11.9 Å². The highest BCUT2D eigenvalue weighted by molar-refractivity contribution is 7.91. The molecule has 110 valence electrons. The molecule has 1 unspecified atom stereocenters.